The van der Waals surface area contributed by atoms with E-state index in [2.05, 4.69) is 27.8 Å². The number of nitrogens with zero attached hydrogens (tertiary/aromatic N) is 2. The van der Waals surface area contributed by atoms with Gasteiger partial charge in [0.25, 0.3) is 5.91 Å². The molecule has 0 aromatic rings. The van der Waals surface area contributed by atoms with Crippen molar-refractivity contribution in [2.75, 3.05) is 19.6 Å². The van der Waals surface area contributed by atoms with E-state index in [4.69, 9.17) is 5.73 Å². The van der Waals surface area contributed by atoms with E-state index in [1.165, 1.54) is 4.90 Å². The first kappa shape index (κ1) is 38.8. The zero-order chi connectivity index (χ0) is 36.0. The van der Waals surface area contributed by atoms with Gasteiger partial charge in [0.1, 0.15) is 18.1 Å². The SMILES string of the molecule is CC(C)[C@H]1CCN(C(=O)[C@@H](NC(=O)N[C@H](CN2CCCCC2=O)C(C)(C)C)C(C)(C)C)[C@@H]1C(=O)NC(CC#CC1CCC1)C(=O)C(N)=O. The number of amides is 6. The molecule has 3 aliphatic rings. The van der Waals surface area contributed by atoms with Crippen LogP contribution in [0.5, 0.6) is 0 Å². The minimum absolute atomic E-state index is 0.0247. The Hall–Kier alpha value is -3.62. The molecule has 0 bridgehead atoms. The van der Waals surface area contributed by atoms with Gasteiger partial charge in [0.2, 0.25) is 23.5 Å². The average Bonchev–Trinajstić information content (AvgIpc) is 3.41. The van der Waals surface area contributed by atoms with E-state index in [-0.39, 0.29) is 48.1 Å². The number of likely N-dealkylation sites (tertiary alicyclic amines) is 2. The number of hydrogen-bond donors (Lipinski definition) is 4. The summed E-state index contributed by atoms with van der Waals surface area (Å²) < 4.78 is 0. The van der Waals surface area contributed by atoms with E-state index in [0.29, 0.717) is 25.9 Å². The zero-order valence-corrected chi connectivity index (χ0v) is 30.2. The molecule has 0 radical (unpaired) electrons. The van der Waals surface area contributed by atoms with Crippen molar-refractivity contribution in [1.29, 1.82) is 0 Å². The highest BCUT2D eigenvalue weighted by molar-refractivity contribution is 6.38. The van der Waals surface area contributed by atoms with E-state index in [1.807, 2.05) is 55.4 Å². The van der Waals surface area contributed by atoms with E-state index < -0.39 is 53.1 Å². The lowest BCUT2D eigenvalue weighted by molar-refractivity contribution is -0.144. The van der Waals surface area contributed by atoms with Crippen molar-refractivity contribution in [3.63, 3.8) is 0 Å². The fourth-order valence-electron chi connectivity index (χ4n) is 6.55. The molecule has 0 spiro atoms. The van der Waals surface area contributed by atoms with Crippen molar-refractivity contribution in [3.05, 3.63) is 0 Å². The largest absolute Gasteiger partial charge is 0.363 e. The molecule has 3 rings (SSSR count). The summed E-state index contributed by atoms with van der Waals surface area (Å²) in [5.41, 5.74) is 4.22. The molecule has 5 atom stereocenters. The second-order valence-electron chi connectivity index (χ2n) is 16.2. The Labute approximate surface area is 286 Å². The third-order valence-corrected chi connectivity index (χ3v) is 10.0. The molecule has 2 aliphatic heterocycles. The molecule has 3 fully saturated rings. The number of rotatable bonds is 11. The second-order valence-corrected chi connectivity index (χ2v) is 16.2. The molecule has 268 valence electrons. The van der Waals surface area contributed by atoms with Gasteiger partial charge < -0.3 is 31.5 Å². The van der Waals surface area contributed by atoms with Crippen LogP contribution in [-0.4, -0.2) is 89.0 Å². The fraction of sp³-hybridized carbons (Fsp3) is 0.778. The maximum absolute atomic E-state index is 14.4. The summed E-state index contributed by atoms with van der Waals surface area (Å²) in [6.45, 7) is 16.8. The summed E-state index contributed by atoms with van der Waals surface area (Å²) in [5.74, 6) is 3.12. The summed E-state index contributed by atoms with van der Waals surface area (Å²) in [6.07, 6.45) is 5.85. The molecule has 12 nitrogen and oxygen atoms in total. The topological polar surface area (TPSA) is 171 Å². The molecule has 2 heterocycles. The summed E-state index contributed by atoms with van der Waals surface area (Å²) in [4.78, 5) is 82.3. The normalized spacial score (nSPS) is 22.1. The molecule has 0 aromatic heterocycles. The van der Waals surface area contributed by atoms with Crippen LogP contribution in [0.4, 0.5) is 4.79 Å². The predicted octanol–water partition coefficient (Wildman–Crippen LogP) is 2.73. The summed E-state index contributed by atoms with van der Waals surface area (Å²) in [5, 5.41) is 8.64. The third kappa shape index (κ3) is 10.2. The quantitative estimate of drug-likeness (QED) is 0.195. The van der Waals surface area contributed by atoms with Crippen molar-refractivity contribution < 1.29 is 28.8 Å². The molecule has 2 saturated heterocycles. The molecule has 12 heteroatoms. The first-order valence-electron chi connectivity index (χ1n) is 17.6. The van der Waals surface area contributed by atoms with Crippen molar-refractivity contribution >= 4 is 35.4 Å². The predicted molar refractivity (Wildman–Crippen MR) is 183 cm³/mol. The number of ketones is 1. The van der Waals surface area contributed by atoms with Gasteiger partial charge in [-0.1, -0.05) is 67.7 Å². The molecule has 6 amide bonds. The number of nitrogens with two attached hydrogens (primary N) is 1. The monoisotopic (exact) mass is 670 g/mol. The molecular formula is C36H58N6O6. The molecular weight excluding hydrogens is 612 g/mol. The number of carbonyl (C=O) groups is 6. The van der Waals surface area contributed by atoms with Gasteiger partial charge in [-0.2, -0.15) is 0 Å². The average molecular weight is 671 g/mol. The highest BCUT2D eigenvalue weighted by Crippen LogP contribution is 2.34. The Morgan fingerprint density at radius 3 is 2.08 bits per heavy atom. The minimum Gasteiger partial charge on any atom is -0.363 e. The number of piperidine rings is 1. The number of nitrogens with one attached hydrogen (secondary N) is 3. The molecule has 48 heavy (non-hydrogen) atoms. The van der Waals surface area contributed by atoms with Crippen molar-refractivity contribution in [2.24, 2.45) is 34.3 Å². The van der Waals surface area contributed by atoms with Gasteiger partial charge in [0.15, 0.2) is 0 Å². The van der Waals surface area contributed by atoms with Gasteiger partial charge in [-0.3, -0.25) is 24.0 Å². The van der Waals surface area contributed by atoms with Gasteiger partial charge >= 0.3 is 6.03 Å². The minimum atomic E-state index is -1.23. The fourth-order valence-corrected chi connectivity index (χ4v) is 6.55. The summed E-state index contributed by atoms with van der Waals surface area (Å²) in [6, 6.07) is -4.06. The lowest BCUT2D eigenvalue weighted by Crippen LogP contribution is -2.62. The van der Waals surface area contributed by atoms with Gasteiger partial charge in [-0.05, 0) is 54.8 Å². The second kappa shape index (κ2) is 16.2. The Morgan fingerprint density at radius 1 is 0.896 bits per heavy atom. The standard InChI is InChI=1S/C36H58N6O6/c1-22(2)24-18-20-42(28(24)32(46)38-25(29(44)31(37)45)16-12-15-23-13-11-14-23)33(47)30(36(6,7)8)40-34(48)39-26(35(3,4)5)21-41-19-10-9-17-27(41)43/h22-26,28,30H,9-11,13-14,16-21H2,1-8H3,(H2,37,45)(H,38,46)(H2,39,40,48)/t24-,25?,26-,28+,30-/m1/s1. The van der Waals surface area contributed by atoms with E-state index >= 15 is 0 Å². The Balaban J connectivity index is 1.81. The third-order valence-electron chi connectivity index (χ3n) is 10.0. The lowest BCUT2D eigenvalue weighted by atomic mass is 9.84. The lowest BCUT2D eigenvalue weighted by Gasteiger charge is -2.39. The van der Waals surface area contributed by atoms with Crippen molar-refractivity contribution in [1.82, 2.24) is 25.8 Å². The van der Waals surface area contributed by atoms with Crippen LogP contribution in [0.25, 0.3) is 0 Å². The van der Waals surface area contributed by atoms with Crippen LogP contribution in [0, 0.1) is 40.4 Å². The molecule has 5 N–H and O–H groups in total. The van der Waals surface area contributed by atoms with Gasteiger partial charge in [0, 0.05) is 38.4 Å². The number of urea groups is 1. The number of Topliss-reactive ketones (excluding diaryl/α,β-unsaturated/α-hetero) is 1. The van der Waals surface area contributed by atoms with Crippen LogP contribution in [0.1, 0.15) is 107 Å². The number of primary amides is 1. The van der Waals surface area contributed by atoms with Crippen LogP contribution < -0.4 is 21.7 Å². The van der Waals surface area contributed by atoms with Gasteiger partial charge in [0.05, 0.1) is 6.04 Å². The summed E-state index contributed by atoms with van der Waals surface area (Å²) >= 11 is 0. The molecule has 1 aliphatic carbocycles. The van der Waals surface area contributed by atoms with Crippen LogP contribution in [0.15, 0.2) is 0 Å². The van der Waals surface area contributed by atoms with E-state index in [0.717, 1.165) is 32.1 Å². The molecule has 1 saturated carbocycles. The van der Waals surface area contributed by atoms with Crippen LogP contribution in [0.2, 0.25) is 0 Å². The van der Waals surface area contributed by atoms with Crippen LogP contribution in [0.3, 0.4) is 0 Å². The Bertz CT molecular complexity index is 1280. The first-order valence-corrected chi connectivity index (χ1v) is 17.6. The van der Waals surface area contributed by atoms with Crippen molar-refractivity contribution in [3.8, 4) is 11.8 Å². The van der Waals surface area contributed by atoms with Crippen molar-refractivity contribution in [2.45, 2.75) is 131 Å². The maximum Gasteiger partial charge on any atom is 0.315 e. The Kier molecular flexibility index (Phi) is 13.1. The van der Waals surface area contributed by atoms with E-state index in [9.17, 15) is 28.8 Å². The van der Waals surface area contributed by atoms with Crippen LogP contribution in [-0.2, 0) is 24.0 Å². The zero-order valence-electron chi connectivity index (χ0n) is 30.2. The molecule has 0 aromatic carbocycles. The van der Waals surface area contributed by atoms with Gasteiger partial charge in [-0.25, -0.2) is 4.79 Å². The first-order chi connectivity index (χ1) is 22.3. The number of hydrogen-bond acceptors (Lipinski definition) is 6. The van der Waals surface area contributed by atoms with Gasteiger partial charge in [-0.15, -0.1) is 5.92 Å². The summed E-state index contributed by atoms with van der Waals surface area (Å²) in [7, 11) is 0. The van der Waals surface area contributed by atoms with Crippen LogP contribution >= 0.6 is 0 Å². The highest BCUT2D eigenvalue weighted by Gasteiger charge is 2.48. The van der Waals surface area contributed by atoms with E-state index in [1.54, 1.807) is 4.90 Å². The Morgan fingerprint density at radius 2 is 1.56 bits per heavy atom. The maximum atomic E-state index is 14.4. The number of carbonyl (C=O) groups excluding carboxylic acids is 6. The molecule has 1 unspecified atom stereocenters. The smallest absolute Gasteiger partial charge is 0.315 e. The highest BCUT2D eigenvalue weighted by atomic mass is 16.2.